The van der Waals surface area contributed by atoms with Crippen molar-refractivity contribution in [2.24, 2.45) is 0 Å². The zero-order valence-corrected chi connectivity index (χ0v) is 23.6. The van der Waals surface area contributed by atoms with Crippen LogP contribution in [0.2, 0.25) is 0 Å². The molecule has 210 valence electrons. The number of benzene rings is 2. The van der Waals surface area contributed by atoms with Crippen LogP contribution in [0.15, 0.2) is 60.9 Å². The van der Waals surface area contributed by atoms with E-state index >= 15 is 0 Å². The number of nitrogens with zero attached hydrogens (tertiary/aromatic N) is 7. The first kappa shape index (κ1) is 27.0. The van der Waals surface area contributed by atoms with E-state index < -0.39 is 0 Å². The summed E-state index contributed by atoms with van der Waals surface area (Å²) in [6.45, 7) is 9.86. The zero-order chi connectivity index (χ0) is 27.3. The lowest BCUT2D eigenvalue weighted by molar-refractivity contribution is 0.111. The summed E-state index contributed by atoms with van der Waals surface area (Å²) in [6, 6.07) is 18.0. The van der Waals surface area contributed by atoms with Crippen LogP contribution >= 0.6 is 11.6 Å². The highest BCUT2D eigenvalue weighted by Gasteiger charge is 2.26. The van der Waals surface area contributed by atoms with Crippen molar-refractivity contribution in [3.63, 3.8) is 0 Å². The first-order chi connectivity index (χ1) is 19.7. The van der Waals surface area contributed by atoms with Gasteiger partial charge in [-0.15, -0.1) is 11.6 Å². The summed E-state index contributed by atoms with van der Waals surface area (Å²) < 4.78 is 8.06. The van der Waals surface area contributed by atoms with E-state index in [4.69, 9.17) is 27.2 Å². The fourth-order valence-electron chi connectivity index (χ4n) is 5.78. The number of anilines is 1. The Labute approximate surface area is 240 Å². The number of halogens is 1. The number of para-hydroxylation sites is 1. The molecule has 0 amide bonds. The first-order valence-electron chi connectivity index (χ1n) is 14.2. The van der Waals surface area contributed by atoms with Crippen molar-refractivity contribution in [3.05, 3.63) is 60.9 Å². The Bertz CT molecular complexity index is 1380. The highest BCUT2D eigenvalue weighted by Crippen LogP contribution is 2.35. The van der Waals surface area contributed by atoms with Gasteiger partial charge in [0.25, 0.3) is 0 Å². The number of rotatable bonds is 9. The van der Waals surface area contributed by atoms with Gasteiger partial charge in [-0.05, 0) is 49.2 Å². The van der Waals surface area contributed by atoms with Gasteiger partial charge in [-0.25, -0.2) is 14.6 Å². The second-order valence-corrected chi connectivity index (χ2v) is 11.0. The molecule has 40 heavy (non-hydrogen) atoms. The number of piperazine rings is 1. The van der Waals surface area contributed by atoms with Crippen LogP contribution in [-0.4, -0.2) is 99.2 Å². The lowest BCUT2D eigenvalue weighted by Gasteiger charge is -2.37. The maximum Gasteiger partial charge on any atom is 0.164 e. The van der Waals surface area contributed by atoms with Crippen LogP contribution in [0.5, 0.6) is 11.5 Å². The third kappa shape index (κ3) is 6.07. The number of alkyl halides is 1. The summed E-state index contributed by atoms with van der Waals surface area (Å²) in [5, 5.41) is 5.89. The second kappa shape index (κ2) is 12.5. The summed E-state index contributed by atoms with van der Waals surface area (Å²) >= 11 is 5.91. The largest absolute Gasteiger partial charge is 0.457 e. The highest BCUT2D eigenvalue weighted by molar-refractivity contribution is 6.18. The molecule has 2 aliphatic rings. The molecule has 2 aromatic heterocycles. The minimum absolute atomic E-state index is 0.279. The quantitative estimate of drug-likeness (QED) is 0.302. The van der Waals surface area contributed by atoms with Gasteiger partial charge in [0, 0.05) is 70.3 Å². The van der Waals surface area contributed by atoms with Gasteiger partial charge in [0.2, 0.25) is 0 Å². The fourth-order valence-corrected chi connectivity index (χ4v) is 6.02. The van der Waals surface area contributed by atoms with Crippen LogP contribution in [0.25, 0.3) is 22.3 Å². The molecular formula is C30H37ClN8O. The Balaban J connectivity index is 1.11. The molecular weight excluding hydrogens is 524 g/mol. The third-order valence-corrected chi connectivity index (χ3v) is 8.29. The second-order valence-electron chi connectivity index (χ2n) is 10.6. The van der Waals surface area contributed by atoms with Gasteiger partial charge in [-0.3, -0.25) is 9.80 Å². The number of likely N-dealkylation sites (tertiary alicyclic amines) is 1. The molecule has 2 fully saturated rings. The molecule has 0 aliphatic carbocycles. The van der Waals surface area contributed by atoms with E-state index in [-0.39, 0.29) is 6.04 Å². The standard InChI is InChI=1S/C30H37ClN8O/c31-12-15-37-17-20-38(21-18-37)19-16-36-13-10-24(11-14-36)39-30-27(29(32)33-22-34-30)28(35-39)23-6-8-26(9-7-23)40-25-4-2-1-3-5-25/h1-9,22,24H,10-21H2,(H2,32,33,34). The van der Waals surface area contributed by atoms with Crippen molar-refractivity contribution in [1.29, 1.82) is 0 Å². The van der Waals surface area contributed by atoms with E-state index in [9.17, 15) is 0 Å². The molecule has 10 heteroatoms. The van der Waals surface area contributed by atoms with Crippen molar-refractivity contribution >= 4 is 28.5 Å². The summed E-state index contributed by atoms with van der Waals surface area (Å²) in [5.74, 6) is 2.75. The average Bonchev–Trinajstić information content (AvgIpc) is 3.39. The molecule has 0 spiro atoms. The SMILES string of the molecule is Nc1ncnc2c1c(-c1ccc(Oc3ccccc3)cc1)nn2C1CCN(CCN2CCN(CCCl)CC2)CC1. The lowest BCUT2D eigenvalue weighted by Crippen LogP contribution is -2.49. The number of nitrogen functional groups attached to an aromatic ring is 1. The van der Waals surface area contributed by atoms with Gasteiger partial charge < -0.3 is 15.4 Å². The van der Waals surface area contributed by atoms with E-state index in [0.717, 1.165) is 111 Å². The van der Waals surface area contributed by atoms with Gasteiger partial charge in [0.15, 0.2) is 5.65 Å². The predicted octanol–water partition coefficient (Wildman–Crippen LogP) is 4.36. The number of aromatic nitrogens is 4. The summed E-state index contributed by atoms with van der Waals surface area (Å²) in [4.78, 5) is 16.5. The highest BCUT2D eigenvalue weighted by atomic mass is 35.5. The van der Waals surface area contributed by atoms with Gasteiger partial charge in [0.05, 0.1) is 11.4 Å². The summed E-state index contributed by atoms with van der Waals surface area (Å²) in [5.41, 5.74) is 8.96. The van der Waals surface area contributed by atoms with E-state index in [1.165, 1.54) is 0 Å². The molecule has 0 bridgehead atoms. The van der Waals surface area contributed by atoms with Crippen molar-refractivity contribution in [2.75, 3.05) is 70.5 Å². The molecule has 0 radical (unpaired) electrons. The molecule has 4 aromatic rings. The summed E-state index contributed by atoms with van der Waals surface area (Å²) in [6.07, 6.45) is 3.61. The molecule has 4 heterocycles. The number of hydrogen-bond acceptors (Lipinski definition) is 8. The molecule has 2 aliphatic heterocycles. The maximum absolute atomic E-state index is 6.38. The molecule has 0 saturated carbocycles. The Hall–Kier alpha value is -3.24. The molecule has 2 aromatic carbocycles. The molecule has 0 unspecified atom stereocenters. The smallest absolute Gasteiger partial charge is 0.164 e. The van der Waals surface area contributed by atoms with Crippen molar-refractivity contribution in [3.8, 4) is 22.8 Å². The third-order valence-electron chi connectivity index (χ3n) is 8.13. The van der Waals surface area contributed by atoms with E-state index in [1.54, 1.807) is 6.33 Å². The van der Waals surface area contributed by atoms with Crippen LogP contribution in [0.1, 0.15) is 18.9 Å². The lowest BCUT2D eigenvalue weighted by atomic mass is 10.1. The van der Waals surface area contributed by atoms with Gasteiger partial charge in [-0.1, -0.05) is 18.2 Å². The molecule has 9 nitrogen and oxygen atoms in total. The van der Waals surface area contributed by atoms with Gasteiger partial charge in [-0.2, -0.15) is 5.10 Å². The van der Waals surface area contributed by atoms with Crippen LogP contribution in [0.3, 0.4) is 0 Å². The Kier molecular flexibility index (Phi) is 8.43. The topological polar surface area (TPSA) is 88.6 Å². The van der Waals surface area contributed by atoms with Crippen LogP contribution < -0.4 is 10.5 Å². The number of piperidine rings is 1. The average molecular weight is 561 g/mol. The maximum atomic E-state index is 6.38. The minimum atomic E-state index is 0.279. The fraction of sp³-hybridized carbons (Fsp3) is 0.433. The van der Waals surface area contributed by atoms with Crippen molar-refractivity contribution in [1.82, 2.24) is 34.4 Å². The Morgan fingerprint density at radius 2 is 1.40 bits per heavy atom. The number of nitrogens with two attached hydrogens (primary N) is 1. The van der Waals surface area contributed by atoms with Crippen LogP contribution in [0.4, 0.5) is 5.82 Å². The van der Waals surface area contributed by atoms with E-state index in [1.807, 2.05) is 54.6 Å². The number of ether oxygens (including phenoxy) is 1. The molecule has 2 saturated heterocycles. The molecule has 6 rings (SSSR count). The minimum Gasteiger partial charge on any atom is -0.457 e. The molecule has 2 N–H and O–H groups in total. The van der Waals surface area contributed by atoms with E-state index in [2.05, 4.69) is 29.3 Å². The van der Waals surface area contributed by atoms with Crippen LogP contribution in [-0.2, 0) is 0 Å². The Morgan fingerprint density at radius 3 is 2.08 bits per heavy atom. The predicted molar refractivity (Wildman–Crippen MR) is 160 cm³/mol. The van der Waals surface area contributed by atoms with E-state index in [0.29, 0.717) is 5.82 Å². The number of fused-ring (bicyclic) bond motifs is 1. The van der Waals surface area contributed by atoms with Crippen molar-refractivity contribution < 1.29 is 4.74 Å². The first-order valence-corrected chi connectivity index (χ1v) is 14.8. The normalized spacial score (nSPS) is 17.9. The van der Waals surface area contributed by atoms with Gasteiger partial charge in [0.1, 0.15) is 29.3 Å². The van der Waals surface area contributed by atoms with Crippen molar-refractivity contribution in [2.45, 2.75) is 18.9 Å². The summed E-state index contributed by atoms with van der Waals surface area (Å²) in [7, 11) is 0. The monoisotopic (exact) mass is 560 g/mol. The van der Waals surface area contributed by atoms with Crippen LogP contribution in [0, 0.1) is 0 Å². The zero-order valence-electron chi connectivity index (χ0n) is 22.8. The number of hydrogen-bond donors (Lipinski definition) is 1. The molecule has 0 atom stereocenters. The Morgan fingerprint density at radius 1 is 0.775 bits per heavy atom. The van der Waals surface area contributed by atoms with Gasteiger partial charge >= 0.3 is 0 Å².